The van der Waals surface area contributed by atoms with Crippen LogP contribution < -0.4 is 0 Å². The predicted octanol–water partition coefficient (Wildman–Crippen LogP) is 5.65. The van der Waals surface area contributed by atoms with Gasteiger partial charge in [0, 0.05) is 23.3 Å². The van der Waals surface area contributed by atoms with Crippen molar-refractivity contribution in [3.05, 3.63) is 48.0 Å². The third-order valence-corrected chi connectivity index (χ3v) is 8.55. The van der Waals surface area contributed by atoms with Gasteiger partial charge >= 0.3 is 5.97 Å². The quantitative estimate of drug-likeness (QED) is 0.197. The summed E-state index contributed by atoms with van der Waals surface area (Å²) in [5.41, 5.74) is 1.17. The SMILES string of the molecule is CCCCC(CC=C[C@H]1[C@H](SCCO)CC(=O)[C@@H]1CCCC(C)CC(O)C(=O)O)OCc1ccccc1. The summed E-state index contributed by atoms with van der Waals surface area (Å²) >= 11 is 1.68. The predicted molar refractivity (Wildman–Crippen MR) is 150 cm³/mol. The summed E-state index contributed by atoms with van der Waals surface area (Å²) < 4.78 is 6.26. The van der Waals surface area contributed by atoms with Crippen molar-refractivity contribution in [2.45, 2.75) is 95.7 Å². The maximum absolute atomic E-state index is 12.9. The molecule has 1 saturated carbocycles. The Hall–Kier alpha value is -1.67. The highest BCUT2D eigenvalue weighted by Gasteiger charge is 2.40. The zero-order chi connectivity index (χ0) is 27.0. The van der Waals surface area contributed by atoms with Gasteiger partial charge in [0.2, 0.25) is 0 Å². The smallest absolute Gasteiger partial charge is 0.332 e. The lowest BCUT2D eigenvalue weighted by Crippen LogP contribution is -2.22. The van der Waals surface area contributed by atoms with Crippen LogP contribution in [0.25, 0.3) is 0 Å². The Balaban J connectivity index is 1.97. The van der Waals surface area contributed by atoms with Gasteiger partial charge in [0.05, 0.1) is 19.3 Å². The number of aliphatic hydroxyl groups excluding tert-OH is 2. The van der Waals surface area contributed by atoms with Gasteiger partial charge in [-0.25, -0.2) is 4.79 Å². The average Bonchev–Trinajstić information content (AvgIpc) is 3.18. The summed E-state index contributed by atoms with van der Waals surface area (Å²) in [5.74, 6) is -0.119. The lowest BCUT2D eigenvalue weighted by Gasteiger charge is -2.22. The maximum Gasteiger partial charge on any atom is 0.332 e. The largest absolute Gasteiger partial charge is 0.479 e. The van der Waals surface area contributed by atoms with Crippen molar-refractivity contribution in [3.63, 3.8) is 0 Å². The van der Waals surface area contributed by atoms with Crippen LogP contribution in [0.4, 0.5) is 0 Å². The molecule has 7 heteroatoms. The van der Waals surface area contributed by atoms with Crippen LogP contribution in [0.3, 0.4) is 0 Å². The molecule has 6 atom stereocenters. The third kappa shape index (κ3) is 11.7. The van der Waals surface area contributed by atoms with Crippen LogP contribution in [0.15, 0.2) is 42.5 Å². The minimum absolute atomic E-state index is 0.0524. The number of hydrogen-bond donors (Lipinski definition) is 3. The first kappa shape index (κ1) is 31.5. The van der Waals surface area contributed by atoms with Gasteiger partial charge in [0.1, 0.15) is 5.78 Å². The summed E-state index contributed by atoms with van der Waals surface area (Å²) in [4.78, 5) is 23.9. The molecule has 0 radical (unpaired) electrons. The lowest BCUT2D eigenvalue weighted by atomic mass is 9.87. The van der Waals surface area contributed by atoms with Crippen LogP contribution in [0.1, 0.15) is 77.2 Å². The van der Waals surface area contributed by atoms with E-state index in [0.29, 0.717) is 18.8 Å². The monoisotopic (exact) mass is 534 g/mol. The number of rotatable bonds is 19. The van der Waals surface area contributed by atoms with Crippen molar-refractivity contribution < 1.29 is 29.6 Å². The summed E-state index contributed by atoms with van der Waals surface area (Å²) in [7, 11) is 0. The molecular weight excluding hydrogens is 488 g/mol. The van der Waals surface area contributed by atoms with Crippen molar-refractivity contribution in [2.24, 2.45) is 17.8 Å². The van der Waals surface area contributed by atoms with Crippen LogP contribution in [0.2, 0.25) is 0 Å². The van der Waals surface area contributed by atoms with Crippen molar-refractivity contribution in [1.82, 2.24) is 0 Å². The molecule has 1 aliphatic carbocycles. The minimum Gasteiger partial charge on any atom is -0.479 e. The molecule has 6 nitrogen and oxygen atoms in total. The number of carbonyl (C=O) groups excluding carboxylic acids is 1. The normalized spacial score (nSPS) is 22.4. The Bertz CT molecular complexity index is 814. The number of carboxylic acid groups (broad SMARTS) is 1. The molecule has 0 saturated heterocycles. The number of benzene rings is 1. The second-order valence-electron chi connectivity index (χ2n) is 10.3. The molecule has 1 fully saturated rings. The van der Waals surface area contributed by atoms with E-state index >= 15 is 0 Å². The Kier molecular flexibility index (Phi) is 15.1. The Labute approximate surface area is 226 Å². The Morgan fingerprint density at radius 1 is 1.22 bits per heavy atom. The highest BCUT2D eigenvalue weighted by atomic mass is 32.2. The van der Waals surface area contributed by atoms with E-state index in [9.17, 15) is 19.8 Å². The molecule has 37 heavy (non-hydrogen) atoms. The summed E-state index contributed by atoms with van der Waals surface area (Å²) in [6.45, 7) is 4.83. The number of thioether (sulfide) groups is 1. The van der Waals surface area contributed by atoms with Crippen LogP contribution in [-0.2, 0) is 20.9 Å². The van der Waals surface area contributed by atoms with E-state index in [-0.39, 0.29) is 47.9 Å². The zero-order valence-corrected chi connectivity index (χ0v) is 23.3. The van der Waals surface area contributed by atoms with E-state index in [1.807, 2.05) is 25.1 Å². The van der Waals surface area contributed by atoms with E-state index in [2.05, 4.69) is 31.2 Å². The molecule has 1 aliphatic rings. The van der Waals surface area contributed by atoms with Gasteiger partial charge in [-0.2, -0.15) is 11.8 Å². The maximum atomic E-state index is 12.9. The summed E-state index contributed by atoms with van der Waals surface area (Å²) in [6, 6.07) is 10.2. The van der Waals surface area contributed by atoms with Gasteiger partial charge in [-0.1, -0.05) is 82.0 Å². The molecule has 1 aromatic rings. The fourth-order valence-electron chi connectivity index (χ4n) is 5.11. The number of ketones is 1. The first-order valence-corrected chi connectivity index (χ1v) is 14.9. The summed E-state index contributed by atoms with van der Waals surface area (Å²) in [5, 5.41) is 28.1. The average molecular weight is 535 g/mol. The van der Waals surface area contributed by atoms with E-state index in [0.717, 1.165) is 44.9 Å². The molecule has 0 aromatic heterocycles. The Morgan fingerprint density at radius 2 is 1.97 bits per heavy atom. The van der Waals surface area contributed by atoms with Gasteiger partial charge in [0.15, 0.2) is 6.10 Å². The van der Waals surface area contributed by atoms with Crippen LogP contribution in [-0.4, -0.2) is 56.9 Å². The number of carbonyl (C=O) groups is 2. The number of unbranched alkanes of at least 4 members (excludes halogenated alkanes) is 1. The van der Waals surface area contributed by atoms with Crippen molar-refractivity contribution >= 4 is 23.5 Å². The van der Waals surface area contributed by atoms with E-state index in [1.54, 1.807) is 11.8 Å². The molecule has 1 aromatic carbocycles. The van der Waals surface area contributed by atoms with Crippen LogP contribution >= 0.6 is 11.8 Å². The second-order valence-corrected chi connectivity index (χ2v) is 11.7. The fraction of sp³-hybridized carbons (Fsp3) is 0.667. The number of aliphatic hydroxyl groups is 2. The molecule has 208 valence electrons. The van der Waals surface area contributed by atoms with E-state index in [1.165, 1.54) is 5.56 Å². The van der Waals surface area contributed by atoms with Gasteiger partial charge in [0.25, 0.3) is 0 Å². The minimum atomic E-state index is -1.33. The molecule has 3 N–H and O–H groups in total. The zero-order valence-electron chi connectivity index (χ0n) is 22.5. The molecular formula is C30H46O6S. The van der Waals surface area contributed by atoms with E-state index < -0.39 is 12.1 Å². The number of Topliss-reactive ketones (excluding diaryl/α,β-unsaturated/α-hetero) is 1. The van der Waals surface area contributed by atoms with E-state index in [4.69, 9.17) is 9.84 Å². The second kappa shape index (κ2) is 17.8. The molecule has 3 unspecified atom stereocenters. The van der Waals surface area contributed by atoms with Gasteiger partial charge in [-0.05, 0) is 43.1 Å². The third-order valence-electron chi connectivity index (χ3n) is 7.22. The molecule has 2 rings (SSSR count). The molecule has 0 heterocycles. The topological polar surface area (TPSA) is 104 Å². The highest BCUT2D eigenvalue weighted by Crippen LogP contribution is 2.41. The first-order valence-electron chi connectivity index (χ1n) is 13.8. The number of carboxylic acids is 1. The molecule has 0 spiro atoms. The van der Waals surface area contributed by atoms with Crippen LogP contribution in [0.5, 0.6) is 0 Å². The van der Waals surface area contributed by atoms with Crippen molar-refractivity contribution in [1.29, 1.82) is 0 Å². The highest BCUT2D eigenvalue weighted by molar-refractivity contribution is 8.00. The first-order chi connectivity index (χ1) is 17.8. The van der Waals surface area contributed by atoms with Gasteiger partial charge in [-0.15, -0.1) is 0 Å². The number of allylic oxidation sites excluding steroid dienone is 1. The summed E-state index contributed by atoms with van der Waals surface area (Å²) in [6.07, 6.45) is 10.4. The molecule has 0 bridgehead atoms. The number of aliphatic carboxylic acids is 1. The van der Waals surface area contributed by atoms with Crippen molar-refractivity contribution in [3.8, 4) is 0 Å². The number of hydrogen-bond acceptors (Lipinski definition) is 6. The lowest BCUT2D eigenvalue weighted by molar-refractivity contribution is -0.147. The van der Waals surface area contributed by atoms with Crippen molar-refractivity contribution in [2.75, 3.05) is 12.4 Å². The molecule has 0 amide bonds. The van der Waals surface area contributed by atoms with Gasteiger partial charge < -0.3 is 20.1 Å². The van der Waals surface area contributed by atoms with Crippen LogP contribution in [0, 0.1) is 17.8 Å². The fourth-order valence-corrected chi connectivity index (χ4v) is 6.30. The Morgan fingerprint density at radius 3 is 2.65 bits per heavy atom. The standard InChI is InChI=1S/C30H46O6S/c1-3-4-13-24(36-21-23-11-6-5-7-12-23)14-9-16-26-25(27(32)20-29(26)37-18-17-31)15-8-10-22(2)19-28(33)30(34)35/h5-7,9,11-12,16,22,24-26,28-29,31,33H,3-4,8,10,13-15,17-21H2,1-2H3,(H,34,35)/t22?,24?,25-,26-,28?,29-/m1/s1. The number of ether oxygens (including phenoxy) is 1. The molecule has 0 aliphatic heterocycles. The van der Waals surface area contributed by atoms with Gasteiger partial charge in [-0.3, -0.25) is 4.79 Å².